The lowest BCUT2D eigenvalue weighted by molar-refractivity contribution is -0.323. The van der Waals surface area contributed by atoms with Crippen molar-refractivity contribution in [1.29, 1.82) is 0 Å². The monoisotopic (exact) mass is 303 g/mol. The molecule has 7 nitrogen and oxygen atoms in total. The Kier molecular flexibility index (Phi) is 4.89. The minimum atomic E-state index is -2.04. The van der Waals surface area contributed by atoms with E-state index in [1.54, 1.807) is 0 Å². The second-order valence-corrected chi connectivity index (χ2v) is 6.63. The van der Waals surface area contributed by atoms with Crippen LogP contribution in [0.25, 0.3) is 0 Å². The van der Waals surface area contributed by atoms with Crippen LogP contribution in [0.4, 0.5) is 0 Å². The molecule has 2 aliphatic heterocycles. The highest BCUT2D eigenvalue weighted by Gasteiger charge is 2.50. The third-order valence-electron chi connectivity index (χ3n) is 4.20. The summed E-state index contributed by atoms with van der Waals surface area (Å²) in [6, 6.07) is 0. The first-order valence-electron chi connectivity index (χ1n) is 7.41. The Hall–Kier alpha value is -0.730. The van der Waals surface area contributed by atoms with Crippen LogP contribution in [0.1, 0.15) is 26.7 Å². The molecule has 0 saturated carbocycles. The first kappa shape index (κ1) is 16.6. The number of amides is 1. The highest BCUT2D eigenvalue weighted by molar-refractivity contribution is 5.78. The number of carbonyl (C=O) groups excluding carboxylic acids is 1. The molecular weight excluding hydrogens is 278 g/mol. The zero-order valence-corrected chi connectivity index (χ0v) is 12.5. The molecule has 122 valence electrons. The zero-order chi connectivity index (χ0) is 15.8. The van der Waals surface area contributed by atoms with Crippen molar-refractivity contribution < 1.29 is 30.0 Å². The summed E-state index contributed by atoms with van der Waals surface area (Å²) in [4.78, 5) is 13.5. The van der Waals surface area contributed by atoms with E-state index in [1.807, 2.05) is 0 Å². The van der Waals surface area contributed by atoms with E-state index >= 15 is 0 Å². The number of likely N-dealkylation sites (tertiary alicyclic amines) is 1. The van der Waals surface area contributed by atoms with Crippen LogP contribution in [0.15, 0.2) is 0 Å². The molecule has 2 heterocycles. The average Bonchev–Trinajstić information content (AvgIpc) is 2.71. The summed E-state index contributed by atoms with van der Waals surface area (Å²) >= 11 is 0. The van der Waals surface area contributed by atoms with Crippen LogP contribution in [0.2, 0.25) is 0 Å². The van der Waals surface area contributed by atoms with Gasteiger partial charge >= 0.3 is 0 Å². The lowest BCUT2D eigenvalue weighted by Gasteiger charge is -2.43. The van der Waals surface area contributed by atoms with Crippen molar-refractivity contribution in [3.05, 3.63) is 0 Å². The van der Waals surface area contributed by atoms with Gasteiger partial charge in [0.2, 0.25) is 11.7 Å². The Labute approximate surface area is 124 Å². The van der Waals surface area contributed by atoms with Crippen LogP contribution in [0.3, 0.4) is 0 Å². The Balaban J connectivity index is 1.99. The molecule has 2 rings (SSSR count). The van der Waals surface area contributed by atoms with Gasteiger partial charge in [0, 0.05) is 13.0 Å². The number of hydrogen-bond donors (Lipinski definition) is 4. The predicted octanol–water partition coefficient (Wildman–Crippen LogP) is -1.32. The SMILES string of the molecule is CC(C)C[C@H]1CC(=O)N(CC2(O)OC[C@@H](O)[C@@H](O)[C@@H]2O)C1. The average molecular weight is 303 g/mol. The Morgan fingerprint density at radius 1 is 1.38 bits per heavy atom. The number of carbonyl (C=O) groups is 1. The molecule has 2 saturated heterocycles. The number of β-amino-alcohol motifs (C(OH)–C–C–N with tert-alkyl or cyclic N) is 1. The molecule has 2 fully saturated rings. The van der Waals surface area contributed by atoms with Crippen molar-refractivity contribution in [2.45, 2.75) is 50.8 Å². The molecule has 0 aromatic carbocycles. The van der Waals surface area contributed by atoms with E-state index in [-0.39, 0.29) is 25.0 Å². The van der Waals surface area contributed by atoms with Crippen LogP contribution in [0, 0.1) is 11.8 Å². The van der Waals surface area contributed by atoms with Crippen LogP contribution in [-0.4, -0.2) is 75.0 Å². The van der Waals surface area contributed by atoms with Crippen molar-refractivity contribution in [3.63, 3.8) is 0 Å². The normalized spacial score (nSPS) is 41.1. The molecule has 7 heteroatoms. The molecule has 2 aliphatic rings. The van der Waals surface area contributed by atoms with E-state index in [0.29, 0.717) is 18.9 Å². The fourth-order valence-corrected chi connectivity index (χ4v) is 3.13. The first-order chi connectivity index (χ1) is 9.73. The van der Waals surface area contributed by atoms with Crippen LogP contribution in [0.5, 0.6) is 0 Å². The maximum absolute atomic E-state index is 12.0. The quantitative estimate of drug-likeness (QED) is 0.513. The summed E-state index contributed by atoms with van der Waals surface area (Å²) in [5, 5.41) is 39.3. The van der Waals surface area contributed by atoms with Crippen LogP contribution < -0.4 is 0 Å². The lowest BCUT2D eigenvalue weighted by atomic mass is 9.96. The minimum absolute atomic E-state index is 0.0921. The number of hydrogen-bond acceptors (Lipinski definition) is 6. The van der Waals surface area contributed by atoms with Gasteiger partial charge in [0.05, 0.1) is 13.2 Å². The number of aliphatic hydroxyl groups is 4. The van der Waals surface area contributed by atoms with Gasteiger partial charge in [0.15, 0.2) is 0 Å². The predicted molar refractivity (Wildman–Crippen MR) is 73.1 cm³/mol. The second-order valence-electron chi connectivity index (χ2n) is 6.63. The summed E-state index contributed by atoms with van der Waals surface area (Å²) in [5.74, 6) is -1.41. The van der Waals surface area contributed by atoms with E-state index in [4.69, 9.17) is 4.74 Å². The lowest BCUT2D eigenvalue weighted by Crippen LogP contribution is -2.64. The molecule has 5 atom stereocenters. The maximum Gasteiger partial charge on any atom is 0.223 e. The topological polar surface area (TPSA) is 110 Å². The van der Waals surface area contributed by atoms with Gasteiger partial charge in [0.1, 0.15) is 18.3 Å². The second kappa shape index (κ2) is 6.18. The van der Waals surface area contributed by atoms with Gasteiger partial charge in [-0.15, -0.1) is 0 Å². The van der Waals surface area contributed by atoms with E-state index in [0.717, 1.165) is 6.42 Å². The number of aliphatic hydroxyl groups excluding tert-OH is 3. The molecular formula is C14H25NO6. The zero-order valence-electron chi connectivity index (χ0n) is 12.5. The van der Waals surface area contributed by atoms with E-state index < -0.39 is 24.1 Å². The smallest absolute Gasteiger partial charge is 0.223 e. The molecule has 21 heavy (non-hydrogen) atoms. The summed E-state index contributed by atoms with van der Waals surface area (Å²) in [6.45, 7) is 4.20. The van der Waals surface area contributed by atoms with Crippen molar-refractivity contribution in [3.8, 4) is 0 Å². The minimum Gasteiger partial charge on any atom is -0.388 e. The summed E-state index contributed by atoms with van der Waals surface area (Å²) in [7, 11) is 0. The fraction of sp³-hybridized carbons (Fsp3) is 0.929. The van der Waals surface area contributed by atoms with Gasteiger partial charge in [-0.2, -0.15) is 0 Å². The summed E-state index contributed by atoms with van der Waals surface area (Å²) < 4.78 is 5.09. The number of rotatable bonds is 4. The van der Waals surface area contributed by atoms with Gasteiger partial charge in [-0.1, -0.05) is 13.8 Å². The molecule has 0 spiro atoms. The van der Waals surface area contributed by atoms with E-state index in [1.165, 1.54) is 4.90 Å². The molecule has 0 aromatic heterocycles. The molecule has 1 amide bonds. The summed E-state index contributed by atoms with van der Waals surface area (Å²) in [6.07, 6.45) is -3.05. The standard InChI is InChI=1S/C14H25NO6/c1-8(2)3-9-4-11(17)15(5-9)7-14(20)13(19)12(18)10(16)6-21-14/h8-10,12-13,16,18-20H,3-7H2,1-2H3/t9-,10+,12+,13-,14?/m0/s1. The fourth-order valence-electron chi connectivity index (χ4n) is 3.13. The third-order valence-corrected chi connectivity index (χ3v) is 4.20. The van der Waals surface area contributed by atoms with Gasteiger partial charge in [-0.3, -0.25) is 4.79 Å². The number of nitrogens with zero attached hydrogens (tertiary/aromatic N) is 1. The van der Waals surface area contributed by atoms with Crippen LogP contribution >= 0.6 is 0 Å². The Bertz CT molecular complexity index is 390. The number of ether oxygens (including phenoxy) is 1. The van der Waals surface area contributed by atoms with E-state index in [9.17, 15) is 25.2 Å². The van der Waals surface area contributed by atoms with Gasteiger partial charge < -0.3 is 30.1 Å². The molecule has 0 aliphatic carbocycles. The largest absolute Gasteiger partial charge is 0.388 e. The van der Waals surface area contributed by atoms with Gasteiger partial charge in [-0.25, -0.2) is 0 Å². The van der Waals surface area contributed by atoms with Gasteiger partial charge in [0.25, 0.3) is 0 Å². The highest BCUT2D eigenvalue weighted by Crippen LogP contribution is 2.29. The van der Waals surface area contributed by atoms with E-state index in [2.05, 4.69) is 13.8 Å². The van der Waals surface area contributed by atoms with Crippen molar-refractivity contribution in [1.82, 2.24) is 4.90 Å². The summed E-state index contributed by atoms with van der Waals surface area (Å²) in [5.41, 5.74) is 0. The maximum atomic E-state index is 12.0. The van der Waals surface area contributed by atoms with Crippen molar-refractivity contribution in [2.24, 2.45) is 11.8 Å². The third kappa shape index (κ3) is 3.54. The Morgan fingerprint density at radius 3 is 2.67 bits per heavy atom. The molecule has 4 N–H and O–H groups in total. The molecule has 0 radical (unpaired) electrons. The van der Waals surface area contributed by atoms with Crippen molar-refractivity contribution >= 4 is 5.91 Å². The molecule has 0 aromatic rings. The Morgan fingerprint density at radius 2 is 2.05 bits per heavy atom. The highest BCUT2D eigenvalue weighted by atomic mass is 16.6. The molecule has 0 bridgehead atoms. The van der Waals surface area contributed by atoms with Crippen LogP contribution in [-0.2, 0) is 9.53 Å². The van der Waals surface area contributed by atoms with Crippen molar-refractivity contribution in [2.75, 3.05) is 19.7 Å². The first-order valence-corrected chi connectivity index (χ1v) is 7.41. The van der Waals surface area contributed by atoms with Gasteiger partial charge in [-0.05, 0) is 18.3 Å². The molecule has 1 unspecified atom stereocenters.